The molecular formula is C12H22N2O4. The molecule has 104 valence electrons. The smallest absolute Gasteiger partial charge is 0.326 e. The molecule has 3 atom stereocenters. The maximum atomic E-state index is 12.1. The highest BCUT2D eigenvalue weighted by molar-refractivity contribution is 5.82. The van der Waals surface area contributed by atoms with E-state index in [1.165, 1.54) is 0 Å². The third-order valence-corrected chi connectivity index (χ3v) is 3.20. The molecule has 0 aromatic carbocycles. The summed E-state index contributed by atoms with van der Waals surface area (Å²) in [4.78, 5) is 24.7. The summed E-state index contributed by atoms with van der Waals surface area (Å²) in [5.41, 5.74) is 0. The lowest BCUT2D eigenvalue weighted by atomic mass is 10.1. The Morgan fingerprint density at radius 2 is 2.17 bits per heavy atom. The average molecular weight is 258 g/mol. The minimum atomic E-state index is -1.000. The maximum Gasteiger partial charge on any atom is 0.326 e. The predicted octanol–water partition coefficient (Wildman–Crippen LogP) is 1.06. The summed E-state index contributed by atoms with van der Waals surface area (Å²) in [5.74, 6) is -1.000. The highest BCUT2D eigenvalue weighted by Gasteiger charge is 2.31. The zero-order valence-corrected chi connectivity index (χ0v) is 11.2. The number of aliphatic carboxylic acids is 1. The quantitative estimate of drug-likeness (QED) is 0.790. The van der Waals surface area contributed by atoms with Gasteiger partial charge in [-0.05, 0) is 19.8 Å². The largest absolute Gasteiger partial charge is 0.480 e. The summed E-state index contributed by atoms with van der Waals surface area (Å²) in [7, 11) is 0. The van der Waals surface area contributed by atoms with E-state index in [-0.39, 0.29) is 18.2 Å². The maximum absolute atomic E-state index is 12.1. The third-order valence-electron chi connectivity index (χ3n) is 3.20. The predicted molar refractivity (Wildman–Crippen MR) is 66.4 cm³/mol. The minimum absolute atomic E-state index is 0.0107. The van der Waals surface area contributed by atoms with Gasteiger partial charge in [0.15, 0.2) is 0 Å². The average Bonchev–Trinajstić information content (AvgIpc) is 2.35. The van der Waals surface area contributed by atoms with E-state index in [4.69, 9.17) is 9.84 Å². The van der Waals surface area contributed by atoms with Crippen molar-refractivity contribution in [3.05, 3.63) is 0 Å². The van der Waals surface area contributed by atoms with Crippen molar-refractivity contribution in [1.29, 1.82) is 0 Å². The van der Waals surface area contributed by atoms with Crippen LogP contribution >= 0.6 is 0 Å². The van der Waals surface area contributed by atoms with Gasteiger partial charge in [0.1, 0.15) is 6.04 Å². The van der Waals surface area contributed by atoms with Gasteiger partial charge < -0.3 is 20.1 Å². The van der Waals surface area contributed by atoms with E-state index in [0.29, 0.717) is 19.6 Å². The molecule has 1 rings (SSSR count). The van der Waals surface area contributed by atoms with Crippen molar-refractivity contribution in [1.82, 2.24) is 10.2 Å². The Morgan fingerprint density at radius 1 is 1.50 bits per heavy atom. The second kappa shape index (κ2) is 6.58. The number of carbonyl (C=O) groups is 2. The highest BCUT2D eigenvalue weighted by atomic mass is 16.5. The summed E-state index contributed by atoms with van der Waals surface area (Å²) < 4.78 is 5.50. The van der Waals surface area contributed by atoms with Crippen molar-refractivity contribution in [3.8, 4) is 0 Å². The molecule has 0 aromatic heterocycles. The number of morpholine rings is 1. The molecule has 0 bridgehead atoms. The number of nitrogens with zero attached hydrogens (tertiary/aromatic N) is 1. The molecule has 0 spiro atoms. The van der Waals surface area contributed by atoms with Gasteiger partial charge in [-0.25, -0.2) is 9.59 Å². The van der Waals surface area contributed by atoms with Crippen LogP contribution in [0.2, 0.25) is 0 Å². The van der Waals surface area contributed by atoms with Crippen molar-refractivity contribution < 1.29 is 19.4 Å². The molecule has 1 aliphatic rings. The first kappa shape index (κ1) is 14.8. The lowest BCUT2D eigenvalue weighted by Crippen LogP contribution is -2.57. The van der Waals surface area contributed by atoms with Crippen LogP contribution in [-0.4, -0.2) is 53.3 Å². The second-order valence-electron chi connectivity index (χ2n) is 4.61. The summed E-state index contributed by atoms with van der Waals surface area (Å²) in [6.07, 6.45) is 1.16. The number of carboxylic acids is 1. The fraction of sp³-hybridized carbons (Fsp3) is 0.833. The van der Waals surface area contributed by atoms with Crippen molar-refractivity contribution >= 4 is 12.0 Å². The van der Waals surface area contributed by atoms with Gasteiger partial charge in [-0.3, -0.25) is 0 Å². The fourth-order valence-electron chi connectivity index (χ4n) is 2.00. The van der Waals surface area contributed by atoms with Crippen LogP contribution in [0.15, 0.2) is 0 Å². The lowest BCUT2D eigenvalue weighted by Gasteiger charge is -2.38. The zero-order valence-electron chi connectivity index (χ0n) is 11.2. The molecule has 0 radical (unpaired) electrons. The number of urea groups is 1. The molecule has 0 saturated carbocycles. The topological polar surface area (TPSA) is 78.9 Å². The van der Waals surface area contributed by atoms with E-state index in [2.05, 4.69) is 5.32 Å². The van der Waals surface area contributed by atoms with Crippen molar-refractivity contribution in [2.75, 3.05) is 13.2 Å². The SMILES string of the molecule is CCC1COC(C)CN1C(=O)N[C@H](CC)C(=O)O. The number of nitrogens with one attached hydrogen (secondary N) is 1. The number of carboxylic acid groups (broad SMARTS) is 1. The summed E-state index contributed by atoms with van der Waals surface area (Å²) in [6.45, 7) is 6.63. The van der Waals surface area contributed by atoms with Gasteiger partial charge in [-0.1, -0.05) is 13.8 Å². The molecule has 18 heavy (non-hydrogen) atoms. The number of hydrogen-bond donors (Lipinski definition) is 2. The van der Waals surface area contributed by atoms with E-state index in [1.54, 1.807) is 11.8 Å². The van der Waals surface area contributed by atoms with Crippen LogP contribution < -0.4 is 5.32 Å². The molecule has 0 aromatic rings. The van der Waals surface area contributed by atoms with E-state index in [0.717, 1.165) is 6.42 Å². The first-order valence-electron chi connectivity index (χ1n) is 6.41. The molecule has 0 aliphatic carbocycles. The number of hydrogen-bond acceptors (Lipinski definition) is 3. The van der Waals surface area contributed by atoms with Gasteiger partial charge in [-0.2, -0.15) is 0 Å². The zero-order chi connectivity index (χ0) is 13.7. The van der Waals surface area contributed by atoms with Gasteiger partial charge in [0.2, 0.25) is 0 Å². The van der Waals surface area contributed by atoms with Gasteiger partial charge in [0, 0.05) is 6.54 Å². The van der Waals surface area contributed by atoms with Crippen LogP contribution in [0.25, 0.3) is 0 Å². The standard InChI is InChI=1S/C12H22N2O4/c1-4-9-7-18-8(3)6-14(9)12(17)13-10(5-2)11(15)16/h8-10H,4-7H2,1-3H3,(H,13,17)(H,15,16)/t8?,9?,10-/m1/s1. The van der Waals surface area contributed by atoms with Gasteiger partial charge in [0.05, 0.1) is 18.8 Å². The van der Waals surface area contributed by atoms with Crippen LogP contribution in [0.3, 0.4) is 0 Å². The van der Waals surface area contributed by atoms with Crippen LogP contribution in [0.4, 0.5) is 4.79 Å². The molecular weight excluding hydrogens is 236 g/mol. The van der Waals surface area contributed by atoms with Crippen molar-refractivity contribution in [3.63, 3.8) is 0 Å². The number of carbonyl (C=O) groups excluding carboxylic acids is 1. The molecule has 1 fully saturated rings. The minimum Gasteiger partial charge on any atom is -0.480 e. The Bertz CT molecular complexity index is 308. The summed E-state index contributed by atoms with van der Waals surface area (Å²) >= 11 is 0. The fourth-order valence-corrected chi connectivity index (χ4v) is 2.00. The molecule has 6 heteroatoms. The molecule has 1 saturated heterocycles. The Morgan fingerprint density at radius 3 is 2.67 bits per heavy atom. The monoisotopic (exact) mass is 258 g/mol. The van der Waals surface area contributed by atoms with Crippen LogP contribution in [0, 0.1) is 0 Å². The van der Waals surface area contributed by atoms with Crippen LogP contribution in [0.5, 0.6) is 0 Å². The first-order chi connectivity index (χ1) is 8.49. The van der Waals surface area contributed by atoms with E-state index < -0.39 is 12.0 Å². The van der Waals surface area contributed by atoms with Crippen molar-refractivity contribution in [2.24, 2.45) is 0 Å². The van der Waals surface area contributed by atoms with Crippen LogP contribution in [0.1, 0.15) is 33.6 Å². The molecule has 6 nitrogen and oxygen atoms in total. The Kier molecular flexibility index (Phi) is 5.40. The highest BCUT2D eigenvalue weighted by Crippen LogP contribution is 2.14. The Balaban J connectivity index is 2.65. The second-order valence-corrected chi connectivity index (χ2v) is 4.61. The van der Waals surface area contributed by atoms with E-state index in [9.17, 15) is 9.59 Å². The molecule has 1 aliphatic heterocycles. The lowest BCUT2D eigenvalue weighted by molar-refractivity contribution is -0.139. The van der Waals surface area contributed by atoms with Crippen molar-refractivity contribution in [2.45, 2.75) is 51.8 Å². The normalized spacial score (nSPS) is 25.6. The summed E-state index contributed by atoms with van der Waals surface area (Å²) in [6, 6.07) is -1.12. The van der Waals surface area contributed by atoms with Gasteiger partial charge in [-0.15, -0.1) is 0 Å². The Labute approximate surface area is 107 Å². The number of ether oxygens (including phenoxy) is 1. The van der Waals surface area contributed by atoms with Gasteiger partial charge in [0.25, 0.3) is 0 Å². The number of rotatable bonds is 4. The Hall–Kier alpha value is -1.30. The summed E-state index contributed by atoms with van der Waals surface area (Å²) in [5, 5.41) is 11.5. The van der Waals surface area contributed by atoms with E-state index >= 15 is 0 Å². The molecule has 2 N–H and O–H groups in total. The van der Waals surface area contributed by atoms with Gasteiger partial charge >= 0.3 is 12.0 Å². The molecule has 2 amide bonds. The van der Waals surface area contributed by atoms with Crippen LogP contribution in [-0.2, 0) is 9.53 Å². The molecule has 1 heterocycles. The third kappa shape index (κ3) is 3.60. The molecule has 2 unspecified atom stereocenters. The number of amides is 2. The first-order valence-corrected chi connectivity index (χ1v) is 6.41. The van der Waals surface area contributed by atoms with E-state index in [1.807, 2.05) is 13.8 Å².